The van der Waals surface area contributed by atoms with E-state index in [2.05, 4.69) is 240 Å². The van der Waals surface area contributed by atoms with Crippen molar-refractivity contribution in [1.82, 2.24) is 4.57 Å². The van der Waals surface area contributed by atoms with Gasteiger partial charge in [0.1, 0.15) is 0 Å². The summed E-state index contributed by atoms with van der Waals surface area (Å²) in [4.78, 5) is 2.33. The molecule has 56 heavy (non-hydrogen) atoms. The smallest absolute Gasteiger partial charge is 0.0541 e. The van der Waals surface area contributed by atoms with Gasteiger partial charge in [-0.05, 0) is 117 Å². The first-order valence-corrected chi connectivity index (χ1v) is 19.2. The van der Waals surface area contributed by atoms with Gasteiger partial charge in [-0.2, -0.15) is 0 Å². The van der Waals surface area contributed by atoms with Crippen molar-refractivity contribution in [1.29, 1.82) is 0 Å². The van der Waals surface area contributed by atoms with Crippen molar-refractivity contribution in [3.63, 3.8) is 0 Å². The molecule has 0 atom stereocenters. The molecule has 0 aliphatic carbocycles. The Morgan fingerprint density at radius 2 is 0.696 bits per heavy atom. The second-order valence-electron chi connectivity index (χ2n) is 14.2. The van der Waals surface area contributed by atoms with Crippen molar-refractivity contribution in [3.05, 3.63) is 231 Å². The van der Waals surface area contributed by atoms with E-state index in [1.54, 1.807) is 0 Å². The summed E-state index contributed by atoms with van der Waals surface area (Å²) in [7, 11) is 0. The molecule has 0 unspecified atom stereocenters. The number of anilines is 3. The number of benzene rings is 9. The Labute approximate surface area is 327 Å². The molecule has 0 radical (unpaired) electrons. The average Bonchev–Trinajstić information content (AvgIpc) is 3.62. The van der Waals surface area contributed by atoms with Gasteiger partial charge in [-0.15, -0.1) is 0 Å². The van der Waals surface area contributed by atoms with Crippen LogP contribution in [0.5, 0.6) is 0 Å². The number of fused-ring (bicyclic) bond motifs is 3. The quantitative estimate of drug-likeness (QED) is 0.152. The maximum atomic E-state index is 2.40. The topological polar surface area (TPSA) is 8.17 Å². The maximum Gasteiger partial charge on any atom is 0.0541 e. The van der Waals surface area contributed by atoms with Crippen molar-refractivity contribution in [2.24, 2.45) is 0 Å². The fourth-order valence-corrected chi connectivity index (χ4v) is 8.05. The number of para-hydroxylation sites is 2. The van der Waals surface area contributed by atoms with Crippen LogP contribution in [0.3, 0.4) is 0 Å². The molecule has 0 bridgehead atoms. The number of aromatic nitrogens is 1. The fourth-order valence-electron chi connectivity index (χ4n) is 8.05. The largest absolute Gasteiger partial charge is 0.310 e. The summed E-state index contributed by atoms with van der Waals surface area (Å²) in [6.45, 7) is 0. The van der Waals surface area contributed by atoms with Gasteiger partial charge in [-0.1, -0.05) is 158 Å². The van der Waals surface area contributed by atoms with Crippen LogP contribution in [-0.4, -0.2) is 4.57 Å². The number of rotatable bonds is 8. The van der Waals surface area contributed by atoms with E-state index >= 15 is 0 Å². The summed E-state index contributed by atoms with van der Waals surface area (Å²) in [5, 5.41) is 2.49. The van der Waals surface area contributed by atoms with Crippen molar-refractivity contribution in [2.45, 2.75) is 0 Å². The molecule has 2 nitrogen and oxygen atoms in total. The predicted molar refractivity (Wildman–Crippen MR) is 237 cm³/mol. The summed E-state index contributed by atoms with van der Waals surface area (Å²) in [6, 6.07) is 83.0. The summed E-state index contributed by atoms with van der Waals surface area (Å²) in [5.74, 6) is 0. The molecule has 0 aliphatic rings. The van der Waals surface area contributed by atoms with Gasteiger partial charge in [0.25, 0.3) is 0 Å². The monoisotopic (exact) mass is 714 g/mol. The van der Waals surface area contributed by atoms with E-state index in [1.807, 2.05) is 0 Å². The summed E-state index contributed by atoms with van der Waals surface area (Å²) < 4.78 is 2.40. The molecular weight excluding hydrogens is 677 g/mol. The average molecular weight is 715 g/mol. The first-order chi connectivity index (χ1) is 27.8. The highest BCUT2D eigenvalue weighted by Gasteiger charge is 2.16. The van der Waals surface area contributed by atoms with Crippen molar-refractivity contribution in [3.8, 4) is 50.2 Å². The third-order valence-electron chi connectivity index (χ3n) is 10.8. The molecule has 0 saturated heterocycles. The number of hydrogen-bond acceptors (Lipinski definition) is 1. The highest BCUT2D eigenvalue weighted by molar-refractivity contribution is 6.10. The Morgan fingerprint density at radius 1 is 0.250 bits per heavy atom. The van der Waals surface area contributed by atoms with Crippen LogP contribution >= 0.6 is 0 Å². The lowest BCUT2D eigenvalue weighted by Crippen LogP contribution is -2.09. The summed E-state index contributed by atoms with van der Waals surface area (Å²) >= 11 is 0. The zero-order valence-corrected chi connectivity index (χ0v) is 30.8. The van der Waals surface area contributed by atoms with E-state index in [9.17, 15) is 0 Å². The Bertz CT molecular complexity index is 2940. The van der Waals surface area contributed by atoms with Crippen LogP contribution in [0.1, 0.15) is 0 Å². The standard InChI is InChI=1S/C54H38N2/c1-4-15-39(16-5-1)41-29-32-48(33-30-41)55(47-23-8-3-9-24-47)49-25-14-22-45(37-49)42-19-12-20-43(35-42)46-31-34-54-52(38-46)51-27-10-11-28-53(51)56(54)50-26-13-21-44(36-50)40-17-6-2-7-18-40/h1-38H. The van der Waals surface area contributed by atoms with Gasteiger partial charge in [0.15, 0.2) is 0 Å². The van der Waals surface area contributed by atoms with E-state index in [4.69, 9.17) is 0 Å². The number of hydrogen-bond donors (Lipinski definition) is 0. The van der Waals surface area contributed by atoms with Crippen LogP contribution < -0.4 is 4.90 Å². The Balaban J connectivity index is 1.02. The van der Waals surface area contributed by atoms with Gasteiger partial charge in [0.05, 0.1) is 11.0 Å². The van der Waals surface area contributed by atoms with Crippen LogP contribution in [0.25, 0.3) is 72.0 Å². The molecule has 1 heterocycles. The van der Waals surface area contributed by atoms with E-state index in [1.165, 1.54) is 66.3 Å². The van der Waals surface area contributed by atoms with Gasteiger partial charge in [-0.3, -0.25) is 0 Å². The summed E-state index contributed by atoms with van der Waals surface area (Å²) in [5.41, 5.74) is 16.5. The maximum absolute atomic E-state index is 2.40. The lowest BCUT2D eigenvalue weighted by Gasteiger charge is -2.26. The zero-order chi connectivity index (χ0) is 37.3. The first-order valence-electron chi connectivity index (χ1n) is 19.2. The second-order valence-corrected chi connectivity index (χ2v) is 14.2. The molecule has 10 aromatic rings. The zero-order valence-electron chi connectivity index (χ0n) is 30.8. The van der Waals surface area contributed by atoms with Gasteiger partial charge < -0.3 is 9.47 Å². The summed E-state index contributed by atoms with van der Waals surface area (Å²) in [6.07, 6.45) is 0. The van der Waals surface area contributed by atoms with E-state index in [-0.39, 0.29) is 0 Å². The SMILES string of the molecule is c1ccc(-c2ccc(N(c3ccccc3)c3cccc(-c4cccc(-c5ccc6c(c5)c5ccccc5n6-c5cccc(-c6ccccc6)c5)c4)c3)cc2)cc1. The molecule has 0 saturated carbocycles. The molecule has 0 aliphatic heterocycles. The fraction of sp³-hybridized carbons (Fsp3) is 0. The van der Waals surface area contributed by atoms with Gasteiger partial charge >= 0.3 is 0 Å². The van der Waals surface area contributed by atoms with Crippen LogP contribution in [0, 0.1) is 0 Å². The van der Waals surface area contributed by atoms with E-state index in [0.29, 0.717) is 0 Å². The van der Waals surface area contributed by atoms with E-state index in [0.717, 1.165) is 22.7 Å². The van der Waals surface area contributed by atoms with Crippen molar-refractivity contribution >= 4 is 38.9 Å². The van der Waals surface area contributed by atoms with Crippen LogP contribution in [-0.2, 0) is 0 Å². The minimum atomic E-state index is 1.11. The van der Waals surface area contributed by atoms with Crippen LogP contribution in [0.15, 0.2) is 231 Å². The molecule has 0 N–H and O–H groups in total. The second kappa shape index (κ2) is 14.4. The first kappa shape index (κ1) is 33.2. The van der Waals surface area contributed by atoms with Crippen LogP contribution in [0.4, 0.5) is 17.1 Å². The Hall–Kier alpha value is -7.42. The van der Waals surface area contributed by atoms with Gasteiger partial charge in [-0.25, -0.2) is 0 Å². The lowest BCUT2D eigenvalue weighted by atomic mass is 9.97. The number of nitrogens with zero attached hydrogens (tertiary/aromatic N) is 2. The van der Waals surface area contributed by atoms with Gasteiger partial charge in [0.2, 0.25) is 0 Å². The lowest BCUT2D eigenvalue weighted by molar-refractivity contribution is 1.18. The molecule has 0 spiro atoms. The highest BCUT2D eigenvalue weighted by atomic mass is 15.1. The highest BCUT2D eigenvalue weighted by Crippen LogP contribution is 2.39. The molecule has 10 rings (SSSR count). The Kier molecular flexibility index (Phi) is 8.55. The molecule has 264 valence electrons. The predicted octanol–water partition coefficient (Wildman–Crippen LogP) is 14.9. The van der Waals surface area contributed by atoms with Crippen molar-refractivity contribution < 1.29 is 0 Å². The normalized spacial score (nSPS) is 11.2. The van der Waals surface area contributed by atoms with Gasteiger partial charge in [0, 0.05) is 33.5 Å². The molecule has 0 fully saturated rings. The third-order valence-corrected chi connectivity index (χ3v) is 10.8. The van der Waals surface area contributed by atoms with E-state index < -0.39 is 0 Å². The minimum Gasteiger partial charge on any atom is -0.310 e. The van der Waals surface area contributed by atoms with Crippen molar-refractivity contribution in [2.75, 3.05) is 4.90 Å². The molecule has 9 aromatic carbocycles. The Morgan fingerprint density at radius 3 is 1.41 bits per heavy atom. The third kappa shape index (κ3) is 6.24. The minimum absolute atomic E-state index is 1.11. The molecule has 2 heteroatoms. The molecule has 1 aromatic heterocycles. The van der Waals surface area contributed by atoms with Crippen LogP contribution in [0.2, 0.25) is 0 Å². The molecular formula is C54H38N2. The molecule has 0 amide bonds.